The molecule has 0 saturated heterocycles. The van der Waals surface area contributed by atoms with Crippen molar-refractivity contribution in [1.82, 2.24) is 0 Å². The second kappa shape index (κ2) is 7.35. The Bertz CT molecular complexity index is 921. The highest BCUT2D eigenvalue weighted by atomic mass is 32.2. The molecule has 1 N–H and O–H groups in total. The van der Waals surface area contributed by atoms with Crippen LogP contribution in [0.2, 0.25) is 0 Å². The largest absolute Gasteiger partial charge is 0.493 e. The first-order valence-corrected chi connectivity index (χ1v) is 9.54. The van der Waals surface area contributed by atoms with E-state index in [0.717, 1.165) is 11.3 Å². The van der Waals surface area contributed by atoms with Crippen molar-refractivity contribution in [2.45, 2.75) is 5.92 Å². The third kappa shape index (κ3) is 2.65. The summed E-state index contributed by atoms with van der Waals surface area (Å²) >= 11 is 1.69. The first-order chi connectivity index (χ1) is 13.1. The molecule has 7 heteroatoms. The van der Waals surface area contributed by atoms with E-state index in [1.807, 2.05) is 12.1 Å². The van der Waals surface area contributed by atoms with Gasteiger partial charge in [0.25, 0.3) is 0 Å². The summed E-state index contributed by atoms with van der Waals surface area (Å²) in [7, 11) is 3.04. The number of thioether (sulfide) groups is 1. The van der Waals surface area contributed by atoms with Gasteiger partial charge in [-0.1, -0.05) is 18.2 Å². The van der Waals surface area contributed by atoms with E-state index >= 15 is 0 Å². The van der Waals surface area contributed by atoms with Crippen LogP contribution < -0.4 is 9.47 Å². The van der Waals surface area contributed by atoms with Crippen LogP contribution in [0.5, 0.6) is 11.5 Å². The van der Waals surface area contributed by atoms with Crippen molar-refractivity contribution in [3.8, 4) is 29.7 Å². The molecular weight excluding hydrogens is 360 g/mol. The highest BCUT2D eigenvalue weighted by Gasteiger charge is 2.58. The number of nitrogens with one attached hydrogen (secondary N) is 1. The van der Waals surface area contributed by atoms with Crippen molar-refractivity contribution >= 4 is 17.5 Å². The Morgan fingerprint density at radius 1 is 1.19 bits per heavy atom. The van der Waals surface area contributed by atoms with E-state index < -0.39 is 17.3 Å². The minimum Gasteiger partial charge on any atom is -0.493 e. The second-order valence-corrected chi connectivity index (χ2v) is 7.49. The molecular formula is C20H18N4O2S. The number of rotatable bonds is 3. The van der Waals surface area contributed by atoms with E-state index in [9.17, 15) is 15.8 Å². The molecule has 1 aliphatic heterocycles. The Balaban J connectivity index is 2.32. The van der Waals surface area contributed by atoms with Gasteiger partial charge in [0.05, 0.1) is 38.1 Å². The van der Waals surface area contributed by atoms with Crippen LogP contribution in [0.3, 0.4) is 0 Å². The van der Waals surface area contributed by atoms with E-state index in [-0.39, 0.29) is 11.6 Å². The third-order valence-corrected chi connectivity index (χ3v) is 6.33. The molecule has 0 aromatic heterocycles. The monoisotopic (exact) mass is 378 g/mol. The predicted octanol–water partition coefficient (Wildman–Crippen LogP) is 3.28. The molecule has 6 nitrogen and oxygen atoms in total. The van der Waals surface area contributed by atoms with Crippen LogP contribution in [-0.4, -0.2) is 31.4 Å². The minimum absolute atomic E-state index is 0.153. The van der Waals surface area contributed by atoms with Gasteiger partial charge in [-0.05, 0) is 11.6 Å². The zero-order valence-corrected chi connectivity index (χ0v) is 15.8. The number of ether oxygens (including phenoxy) is 2. The molecule has 1 heterocycles. The lowest BCUT2D eigenvalue weighted by Gasteiger charge is -2.45. The van der Waals surface area contributed by atoms with Gasteiger partial charge in [0.2, 0.25) is 0 Å². The molecule has 1 aromatic carbocycles. The Labute approximate surface area is 162 Å². The van der Waals surface area contributed by atoms with Crippen molar-refractivity contribution in [2.24, 2.45) is 17.3 Å². The van der Waals surface area contributed by atoms with Crippen molar-refractivity contribution < 1.29 is 9.47 Å². The van der Waals surface area contributed by atoms with Crippen molar-refractivity contribution in [2.75, 3.05) is 25.7 Å². The lowest BCUT2D eigenvalue weighted by atomic mass is 9.55. The normalized spacial score (nSPS) is 25.8. The summed E-state index contributed by atoms with van der Waals surface area (Å²) < 4.78 is 11.0. The molecule has 3 rings (SSSR count). The van der Waals surface area contributed by atoms with Crippen molar-refractivity contribution in [3.63, 3.8) is 0 Å². The van der Waals surface area contributed by atoms with Gasteiger partial charge in [-0.2, -0.15) is 27.5 Å². The topological polar surface area (TPSA) is 114 Å². The maximum atomic E-state index is 10.0. The summed E-state index contributed by atoms with van der Waals surface area (Å²) in [5, 5.41) is 38.3. The average Bonchev–Trinajstić information content (AvgIpc) is 2.72. The predicted molar refractivity (Wildman–Crippen MR) is 102 cm³/mol. The average molecular weight is 378 g/mol. The Morgan fingerprint density at radius 3 is 2.52 bits per heavy atom. The van der Waals surface area contributed by atoms with Crippen molar-refractivity contribution in [1.29, 1.82) is 21.2 Å². The van der Waals surface area contributed by atoms with Gasteiger partial charge in [0.15, 0.2) is 16.9 Å². The third-order valence-electron chi connectivity index (χ3n) is 5.33. The molecule has 1 saturated carbocycles. The molecule has 0 bridgehead atoms. The lowest BCUT2D eigenvalue weighted by molar-refractivity contribution is 0.328. The van der Waals surface area contributed by atoms with Gasteiger partial charge < -0.3 is 14.9 Å². The van der Waals surface area contributed by atoms with Crippen LogP contribution in [0, 0.1) is 56.7 Å². The quantitative estimate of drug-likeness (QED) is 0.807. The molecule has 1 aromatic rings. The van der Waals surface area contributed by atoms with Crippen LogP contribution in [0.25, 0.3) is 0 Å². The van der Waals surface area contributed by atoms with E-state index in [0.29, 0.717) is 22.8 Å². The fraction of sp³-hybridized carbons (Fsp3) is 0.400. The van der Waals surface area contributed by atoms with Gasteiger partial charge in [0, 0.05) is 28.9 Å². The van der Waals surface area contributed by atoms with Gasteiger partial charge >= 0.3 is 0 Å². The molecule has 0 unspecified atom stereocenters. The number of para-hydroxylation sites is 1. The lowest BCUT2D eigenvalue weighted by Crippen LogP contribution is -2.49. The smallest absolute Gasteiger partial charge is 0.189 e. The fourth-order valence-electron chi connectivity index (χ4n) is 4.11. The van der Waals surface area contributed by atoms with Crippen LogP contribution in [0.4, 0.5) is 0 Å². The van der Waals surface area contributed by atoms with Gasteiger partial charge in [0.1, 0.15) is 5.92 Å². The number of nitrogens with zero attached hydrogens (tertiary/aromatic N) is 3. The molecule has 0 spiro atoms. The first-order valence-electron chi connectivity index (χ1n) is 8.39. The maximum absolute atomic E-state index is 10.0. The number of methoxy groups -OCH3 is 2. The summed E-state index contributed by atoms with van der Waals surface area (Å²) in [6.07, 6.45) is 1.97. The van der Waals surface area contributed by atoms with Crippen LogP contribution in [0.1, 0.15) is 11.5 Å². The Hall–Kier alpha value is -2.95. The summed E-state index contributed by atoms with van der Waals surface area (Å²) in [4.78, 5) is 0. The molecule has 3 atom stereocenters. The molecule has 136 valence electrons. The SMILES string of the molecule is COc1cccc([C@@H]2[C@H]3CSCC=C3[C@H](C#N)C(=N)C2(C#N)C#N)c1OC. The van der Waals surface area contributed by atoms with E-state index in [1.54, 1.807) is 23.9 Å². The standard InChI is InChI=1S/C20H18N4O2S/c1-25-16-5-3-4-13(18(16)26-2)17-15-9-27-7-6-12(15)14(8-21)19(24)20(17,10-22)11-23/h3-6,14-15,17,24H,7,9H2,1-2H3/t14-,15-,17+/m0/s1. The molecule has 1 aliphatic carbocycles. The second-order valence-electron chi connectivity index (χ2n) is 6.42. The van der Waals surface area contributed by atoms with Gasteiger partial charge in [-0.25, -0.2) is 0 Å². The van der Waals surface area contributed by atoms with Crippen LogP contribution >= 0.6 is 11.8 Å². The fourth-order valence-corrected chi connectivity index (χ4v) is 5.20. The molecule has 0 amide bonds. The number of fused-ring (bicyclic) bond motifs is 1. The molecule has 0 radical (unpaired) electrons. The highest BCUT2D eigenvalue weighted by molar-refractivity contribution is 7.99. The summed E-state index contributed by atoms with van der Waals surface area (Å²) in [6, 6.07) is 11.7. The van der Waals surface area contributed by atoms with E-state index in [2.05, 4.69) is 18.2 Å². The van der Waals surface area contributed by atoms with Crippen LogP contribution in [0.15, 0.2) is 29.8 Å². The zero-order valence-electron chi connectivity index (χ0n) is 15.0. The number of nitriles is 3. The van der Waals surface area contributed by atoms with E-state index in [4.69, 9.17) is 14.9 Å². The summed E-state index contributed by atoms with van der Waals surface area (Å²) in [5.74, 6) is 0.721. The number of benzene rings is 1. The summed E-state index contributed by atoms with van der Waals surface area (Å²) in [6.45, 7) is 0. The number of hydrogen-bond donors (Lipinski definition) is 1. The molecule has 27 heavy (non-hydrogen) atoms. The molecule has 2 aliphatic rings. The van der Waals surface area contributed by atoms with Crippen molar-refractivity contribution in [3.05, 3.63) is 35.4 Å². The Kier molecular flexibility index (Phi) is 5.13. The first kappa shape index (κ1) is 18.8. The number of allylic oxidation sites excluding steroid dienone is 1. The van der Waals surface area contributed by atoms with Gasteiger partial charge in [-0.15, -0.1) is 0 Å². The van der Waals surface area contributed by atoms with Crippen LogP contribution in [-0.2, 0) is 0 Å². The van der Waals surface area contributed by atoms with E-state index in [1.165, 1.54) is 14.2 Å². The highest BCUT2D eigenvalue weighted by Crippen LogP contribution is 2.56. The Morgan fingerprint density at radius 2 is 1.93 bits per heavy atom. The zero-order chi connectivity index (χ0) is 19.6. The molecule has 1 fully saturated rings. The van der Waals surface area contributed by atoms with Gasteiger partial charge in [-0.3, -0.25) is 0 Å². The maximum Gasteiger partial charge on any atom is 0.189 e. The minimum atomic E-state index is -1.74. The summed E-state index contributed by atoms with van der Waals surface area (Å²) in [5.41, 5.74) is -0.407. The number of hydrogen-bond acceptors (Lipinski definition) is 7.